The molecule has 2 aliphatic rings. The van der Waals surface area contributed by atoms with Gasteiger partial charge in [-0.05, 0) is 37.5 Å². The molecule has 2 N–H and O–H groups in total. The Hall–Kier alpha value is -1.10. The van der Waals surface area contributed by atoms with E-state index in [2.05, 4.69) is 47.2 Å². The highest BCUT2D eigenvalue weighted by Crippen LogP contribution is 2.24. The van der Waals surface area contributed by atoms with Gasteiger partial charge in [0.05, 0.1) is 6.10 Å². The maximum absolute atomic E-state index is 9.59. The Labute approximate surface area is 127 Å². The first-order chi connectivity index (χ1) is 10.1. The van der Waals surface area contributed by atoms with Gasteiger partial charge in [0.2, 0.25) is 0 Å². The molecule has 0 spiro atoms. The molecular weight excluding hydrogens is 262 g/mol. The van der Waals surface area contributed by atoms with Gasteiger partial charge < -0.3 is 15.3 Å². The van der Waals surface area contributed by atoms with Crippen LogP contribution in [0.5, 0.6) is 0 Å². The van der Waals surface area contributed by atoms with E-state index in [0.29, 0.717) is 6.04 Å². The molecule has 2 aliphatic heterocycles. The molecular formula is C17H27N3O. The number of nitrogens with one attached hydrogen (secondary N) is 1. The van der Waals surface area contributed by atoms with Crippen molar-refractivity contribution in [3.05, 3.63) is 29.3 Å². The first-order valence-corrected chi connectivity index (χ1v) is 8.08. The summed E-state index contributed by atoms with van der Waals surface area (Å²) in [5.41, 5.74) is 4.18. The van der Waals surface area contributed by atoms with Crippen LogP contribution in [0.25, 0.3) is 0 Å². The zero-order valence-electron chi connectivity index (χ0n) is 13.2. The Morgan fingerprint density at radius 3 is 2.62 bits per heavy atom. The number of aliphatic hydroxyl groups is 1. The first-order valence-electron chi connectivity index (χ1n) is 8.08. The summed E-state index contributed by atoms with van der Waals surface area (Å²) in [6.45, 7) is 10.7. The van der Waals surface area contributed by atoms with Gasteiger partial charge in [0.25, 0.3) is 0 Å². The van der Waals surface area contributed by atoms with Gasteiger partial charge >= 0.3 is 0 Å². The molecule has 21 heavy (non-hydrogen) atoms. The number of aliphatic hydroxyl groups excluding tert-OH is 1. The number of anilines is 1. The van der Waals surface area contributed by atoms with Gasteiger partial charge in [0.15, 0.2) is 0 Å². The highest BCUT2D eigenvalue weighted by atomic mass is 16.3. The summed E-state index contributed by atoms with van der Waals surface area (Å²) < 4.78 is 0. The highest BCUT2D eigenvalue weighted by molar-refractivity contribution is 5.56. The topological polar surface area (TPSA) is 38.7 Å². The number of rotatable bonds is 3. The summed E-state index contributed by atoms with van der Waals surface area (Å²) in [6.07, 6.45) is 0.753. The third kappa shape index (κ3) is 3.39. The van der Waals surface area contributed by atoms with Crippen molar-refractivity contribution in [1.82, 2.24) is 10.2 Å². The van der Waals surface area contributed by atoms with Gasteiger partial charge in [-0.3, -0.25) is 4.90 Å². The molecule has 2 saturated heterocycles. The fourth-order valence-electron chi connectivity index (χ4n) is 3.50. The van der Waals surface area contributed by atoms with Crippen molar-refractivity contribution < 1.29 is 5.11 Å². The van der Waals surface area contributed by atoms with Gasteiger partial charge in [-0.15, -0.1) is 0 Å². The van der Waals surface area contributed by atoms with Crippen molar-refractivity contribution in [3.63, 3.8) is 0 Å². The number of nitrogens with zero attached hydrogens (tertiary/aromatic N) is 2. The molecule has 0 radical (unpaired) electrons. The summed E-state index contributed by atoms with van der Waals surface area (Å²) in [7, 11) is 0. The quantitative estimate of drug-likeness (QED) is 0.875. The molecule has 0 aromatic heterocycles. The smallest absolute Gasteiger partial charge is 0.0680 e. The summed E-state index contributed by atoms with van der Waals surface area (Å²) in [4.78, 5) is 5.03. The molecule has 0 aliphatic carbocycles. The van der Waals surface area contributed by atoms with Crippen molar-refractivity contribution in [1.29, 1.82) is 0 Å². The fourth-order valence-corrected chi connectivity index (χ4v) is 3.50. The third-order valence-electron chi connectivity index (χ3n) is 4.97. The molecule has 2 fully saturated rings. The summed E-state index contributed by atoms with van der Waals surface area (Å²) in [5, 5.41) is 13.0. The average molecular weight is 289 g/mol. The molecule has 0 bridgehead atoms. The predicted molar refractivity (Wildman–Crippen MR) is 87.0 cm³/mol. The number of benzene rings is 1. The number of hydrogen-bond donors (Lipinski definition) is 2. The van der Waals surface area contributed by atoms with Crippen LogP contribution in [0.4, 0.5) is 5.69 Å². The van der Waals surface area contributed by atoms with E-state index in [1.807, 2.05) is 0 Å². The fraction of sp³-hybridized carbons (Fsp3) is 0.647. The van der Waals surface area contributed by atoms with Gasteiger partial charge in [-0.1, -0.05) is 12.1 Å². The Morgan fingerprint density at radius 2 is 1.95 bits per heavy atom. The SMILES string of the molecule is Cc1cccc(N2CCN(CC3CC(O)CN3)CC2)c1C. The number of β-amino-alcohol motifs (C(OH)–C–C–N with tert-alkyl or cyclic N) is 1. The normalized spacial score (nSPS) is 27.3. The summed E-state index contributed by atoms with van der Waals surface area (Å²) >= 11 is 0. The molecule has 0 amide bonds. The molecule has 116 valence electrons. The van der Waals surface area contributed by atoms with Crippen molar-refractivity contribution in [3.8, 4) is 0 Å². The monoisotopic (exact) mass is 289 g/mol. The average Bonchev–Trinajstić information content (AvgIpc) is 2.88. The number of piperazine rings is 1. The molecule has 3 rings (SSSR count). The Kier molecular flexibility index (Phi) is 4.48. The zero-order chi connectivity index (χ0) is 14.8. The van der Waals surface area contributed by atoms with Crippen molar-refractivity contribution in [2.24, 2.45) is 0 Å². The molecule has 2 heterocycles. The maximum Gasteiger partial charge on any atom is 0.0680 e. The second-order valence-corrected chi connectivity index (χ2v) is 6.50. The number of hydrogen-bond acceptors (Lipinski definition) is 4. The molecule has 4 nitrogen and oxygen atoms in total. The van der Waals surface area contributed by atoms with Crippen LogP contribution < -0.4 is 10.2 Å². The standard InChI is InChI=1S/C17H27N3O/c1-13-4-3-5-17(14(13)2)20-8-6-19(7-9-20)12-15-10-16(21)11-18-15/h3-5,15-16,18,21H,6-12H2,1-2H3. The van der Waals surface area contributed by atoms with Crippen LogP contribution in [0.3, 0.4) is 0 Å². The lowest BCUT2D eigenvalue weighted by Crippen LogP contribution is -2.50. The summed E-state index contributed by atoms with van der Waals surface area (Å²) in [5.74, 6) is 0. The summed E-state index contributed by atoms with van der Waals surface area (Å²) in [6, 6.07) is 7.06. The molecule has 2 unspecified atom stereocenters. The molecule has 0 saturated carbocycles. The van der Waals surface area contributed by atoms with Gasteiger partial charge in [0, 0.05) is 51.0 Å². The van der Waals surface area contributed by atoms with E-state index in [1.54, 1.807) is 0 Å². The predicted octanol–water partition coefficient (Wildman–Crippen LogP) is 1.15. The number of aryl methyl sites for hydroxylation is 1. The lowest BCUT2D eigenvalue weighted by molar-refractivity contribution is 0.185. The molecule has 1 aromatic rings. The minimum Gasteiger partial charge on any atom is -0.392 e. The van der Waals surface area contributed by atoms with E-state index in [0.717, 1.165) is 45.7 Å². The first kappa shape index (κ1) is 14.8. The van der Waals surface area contributed by atoms with Crippen molar-refractivity contribution in [2.75, 3.05) is 44.2 Å². The van der Waals surface area contributed by atoms with Gasteiger partial charge in [0.1, 0.15) is 0 Å². The van der Waals surface area contributed by atoms with Crippen LogP contribution in [0.15, 0.2) is 18.2 Å². The Morgan fingerprint density at radius 1 is 1.19 bits per heavy atom. The van der Waals surface area contributed by atoms with E-state index >= 15 is 0 Å². The van der Waals surface area contributed by atoms with Gasteiger partial charge in [-0.2, -0.15) is 0 Å². The lowest BCUT2D eigenvalue weighted by Gasteiger charge is -2.38. The largest absolute Gasteiger partial charge is 0.392 e. The Balaban J connectivity index is 1.54. The van der Waals surface area contributed by atoms with Crippen molar-refractivity contribution in [2.45, 2.75) is 32.4 Å². The van der Waals surface area contributed by atoms with E-state index in [-0.39, 0.29) is 6.10 Å². The van der Waals surface area contributed by atoms with E-state index in [1.165, 1.54) is 16.8 Å². The zero-order valence-corrected chi connectivity index (χ0v) is 13.2. The van der Waals surface area contributed by atoms with Crippen LogP contribution in [-0.4, -0.2) is 61.4 Å². The minimum atomic E-state index is -0.147. The molecule has 4 heteroatoms. The van der Waals surface area contributed by atoms with Gasteiger partial charge in [-0.25, -0.2) is 0 Å². The van der Waals surface area contributed by atoms with E-state index in [4.69, 9.17) is 0 Å². The van der Waals surface area contributed by atoms with Crippen LogP contribution in [0, 0.1) is 13.8 Å². The Bertz CT molecular complexity index is 483. The minimum absolute atomic E-state index is 0.147. The van der Waals surface area contributed by atoms with E-state index in [9.17, 15) is 5.11 Å². The molecule has 2 atom stereocenters. The highest BCUT2D eigenvalue weighted by Gasteiger charge is 2.26. The molecule has 1 aromatic carbocycles. The van der Waals surface area contributed by atoms with Crippen LogP contribution in [0.1, 0.15) is 17.5 Å². The van der Waals surface area contributed by atoms with Crippen LogP contribution in [0.2, 0.25) is 0 Å². The van der Waals surface area contributed by atoms with Crippen molar-refractivity contribution >= 4 is 5.69 Å². The van der Waals surface area contributed by atoms with Crippen LogP contribution in [-0.2, 0) is 0 Å². The maximum atomic E-state index is 9.59. The second-order valence-electron chi connectivity index (χ2n) is 6.50. The lowest BCUT2D eigenvalue weighted by atomic mass is 10.1. The van der Waals surface area contributed by atoms with Crippen LogP contribution >= 0.6 is 0 Å². The van der Waals surface area contributed by atoms with E-state index < -0.39 is 0 Å². The third-order valence-corrected chi connectivity index (χ3v) is 4.97. The second kappa shape index (κ2) is 6.34.